The van der Waals surface area contributed by atoms with Crippen LogP contribution in [0.15, 0.2) is 25.3 Å². The second-order valence-electron chi connectivity index (χ2n) is 1.76. The lowest BCUT2D eigenvalue weighted by molar-refractivity contribution is -0.124. The molecule has 3 nitrogen and oxygen atoms in total. The molecule has 3 heteroatoms. The zero-order chi connectivity index (χ0) is 8.85. The smallest absolute Gasteiger partial charge is 0.218 e. The van der Waals surface area contributed by atoms with Crippen LogP contribution in [0.25, 0.3) is 0 Å². The van der Waals surface area contributed by atoms with Crippen LogP contribution >= 0.6 is 0 Å². The maximum absolute atomic E-state index is 10.7. The molecule has 0 aromatic carbocycles. The molecule has 0 heterocycles. The van der Waals surface area contributed by atoms with E-state index in [0.29, 0.717) is 0 Å². The molecule has 0 aliphatic rings. The Kier molecular flexibility index (Phi) is 3.73. The lowest BCUT2D eigenvalue weighted by atomic mass is 10.0. The van der Waals surface area contributed by atoms with Gasteiger partial charge in [-0.15, -0.1) is 0 Å². The summed E-state index contributed by atoms with van der Waals surface area (Å²) in [7, 11) is 0. The first-order valence-corrected chi connectivity index (χ1v) is 2.87. The van der Waals surface area contributed by atoms with Crippen LogP contribution in [0.4, 0.5) is 0 Å². The molecule has 0 aliphatic carbocycles. The van der Waals surface area contributed by atoms with Crippen LogP contribution in [0.1, 0.15) is 0 Å². The monoisotopic (exact) mass is 151 g/mol. The van der Waals surface area contributed by atoms with Gasteiger partial charge in [-0.25, -0.2) is 0 Å². The van der Waals surface area contributed by atoms with E-state index in [1.54, 1.807) is 0 Å². The molecular weight excluding hydrogens is 144 g/mol. The van der Waals surface area contributed by atoms with Gasteiger partial charge in [-0.2, -0.15) is 0 Å². The Morgan fingerprint density at radius 3 is 1.73 bits per heavy atom. The molecule has 0 aromatic rings. The highest BCUT2D eigenvalue weighted by molar-refractivity contribution is 6.20. The maximum Gasteiger partial charge on any atom is 0.218 e. The van der Waals surface area contributed by atoms with Crippen LogP contribution in [-0.2, 0) is 14.4 Å². The molecular formula is C8H7O3. The van der Waals surface area contributed by atoms with Crippen LogP contribution in [0.2, 0.25) is 0 Å². The van der Waals surface area contributed by atoms with E-state index in [0.717, 1.165) is 12.2 Å². The van der Waals surface area contributed by atoms with Crippen molar-refractivity contribution in [2.24, 2.45) is 5.92 Å². The summed E-state index contributed by atoms with van der Waals surface area (Å²) in [5, 5.41) is 0. The van der Waals surface area contributed by atoms with Gasteiger partial charge in [0.15, 0.2) is 17.5 Å². The number of hydrogen-bond donors (Lipinski definition) is 0. The summed E-state index contributed by atoms with van der Waals surface area (Å²) in [5.74, 6) is -2.67. The first kappa shape index (κ1) is 9.49. The normalized spacial score (nSPS) is 8.82. The summed E-state index contributed by atoms with van der Waals surface area (Å²) in [5.41, 5.74) is 0. The number of carbonyl (C=O) groups is 2. The van der Waals surface area contributed by atoms with Gasteiger partial charge < -0.3 is 0 Å². The first-order valence-electron chi connectivity index (χ1n) is 2.87. The average Bonchev–Trinajstić information content (AvgIpc) is 2.05. The van der Waals surface area contributed by atoms with Crippen LogP contribution in [0.5, 0.6) is 0 Å². The van der Waals surface area contributed by atoms with Gasteiger partial charge in [0.1, 0.15) is 0 Å². The van der Waals surface area contributed by atoms with Crippen LogP contribution in [0, 0.1) is 5.92 Å². The van der Waals surface area contributed by atoms with E-state index in [2.05, 4.69) is 13.2 Å². The largest absolute Gasteiger partial charge is 0.294 e. The predicted molar refractivity (Wildman–Crippen MR) is 39.6 cm³/mol. The zero-order valence-electron chi connectivity index (χ0n) is 5.87. The van der Waals surface area contributed by atoms with Gasteiger partial charge in [-0.1, -0.05) is 13.2 Å². The van der Waals surface area contributed by atoms with Crippen molar-refractivity contribution in [3.05, 3.63) is 25.3 Å². The fourth-order valence-corrected chi connectivity index (χ4v) is 0.492. The summed E-state index contributed by atoms with van der Waals surface area (Å²) >= 11 is 0. The fraction of sp³-hybridized carbons (Fsp3) is 0.125. The Balaban J connectivity index is 4.51. The van der Waals surface area contributed by atoms with Gasteiger partial charge in [0.2, 0.25) is 6.29 Å². The molecule has 0 unspecified atom stereocenters. The summed E-state index contributed by atoms with van der Waals surface area (Å²) in [6.07, 6.45) is 3.14. The molecule has 0 spiro atoms. The Bertz CT molecular complexity index is 195. The van der Waals surface area contributed by atoms with Crippen molar-refractivity contribution in [1.82, 2.24) is 0 Å². The lowest BCUT2D eigenvalue weighted by Crippen LogP contribution is -2.21. The number of carbonyl (C=O) groups excluding carboxylic acids is 3. The van der Waals surface area contributed by atoms with Crippen molar-refractivity contribution in [3.63, 3.8) is 0 Å². The highest BCUT2D eigenvalue weighted by Gasteiger charge is 2.21. The topological polar surface area (TPSA) is 51.2 Å². The van der Waals surface area contributed by atoms with Crippen LogP contribution < -0.4 is 0 Å². The van der Waals surface area contributed by atoms with E-state index >= 15 is 0 Å². The van der Waals surface area contributed by atoms with E-state index in [1.807, 2.05) is 0 Å². The molecule has 0 saturated heterocycles. The highest BCUT2D eigenvalue weighted by Crippen LogP contribution is 1.97. The van der Waals surface area contributed by atoms with Crippen molar-refractivity contribution in [2.75, 3.05) is 0 Å². The van der Waals surface area contributed by atoms with Crippen LogP contribution in [0.3, 0.4) is 0 Å². The minimum Gasteiger partial charge on any atom is -0.294 e. The van der Waals surface area contributed by atoms with E-state index in [9.17, 15) is 14.4 Å². The number of rotatable bonds is 5. The molecule has 0 N–H and O–H groups in total. The molecule has 0 aliphatic heterocycles. The van der Waals surface area contributed by atoms with E-state index in [-0.39, 0.29) is 0 Å². The van der Waals surface area contributed by atoms with Gasteiger partial charge in [-0.05, 0) is 12.2 Å². The average molecular weight is 151 g/mol. The molecule has 0 fully saturated rings. The van der Waals surface area contributed by atoms with Crippen molar-refractivity contribution in [3.8, 4) is 0 Å². The summed E-state index contributed by atoms with van der Waals surface area (Å²) in [6, 6.07) is 0. The summed E-state index contributed by atoms with van der Waals surface area (Å²) in [6.45, 7) is 6.26. The van der Waals surface area contributed by atoms with Crippen LogP contribution in [-0.4, -0.2) is 17.9 Å². The second-order valence-corrected chi connectivity index (χ2v) is 1.76. The van der Waals surface area contributed by atoms with Crippen molar-refractivity contribution in [1.29, 1.82) is 0 Å². The van der Waals surface area contributed by atoms with Crippen molar-refractivity contribution in [2.45, 2.75) is 0 Å². The summed E-state index contributed by atoms with van der Waals surface area (Å²) in [4.78, 5) is 31.4. The van der Waals surface area contributed by atoms with Gasteiger partial charge in [0.25, 0.3) is 0 Å². The minimum atomic E-state index is -1.37. The lowest BCUT2D eigenvalue weighted by Gasteiger charge is -1.97. The molecule has 57 valence electrons. The SMILES string of the molecule is C=CC(=O)C([C]=O)C(=O)C=C. The molecule has 0 saturated carbocycles. The third-order valence-corrected chi connectivity index (χ3v) is 1.09. The quantitative estimate of drug-likeness (QED) is 0.417. The third kappa shape index (κ3) is 2.29. The van der Waals surface area contributed by atoms with E-state index < -0.39 is 17.5 Å². The number of hydrogen-bond acceptors (Lipinski definition) is 3. The molecule has 0 aromatic heterocycles. The molecule has 0 bridgehead atoms. The second kappa shape index (κ2) is 4.33. The number of allylic oxidation sites excluding steroid dienone is 2. The Labute approximate surface area is 64.4 Å². The number of ketones is 2. The Morgan fingerprint density at radius 2 is 1.55 bits per heavy atom. The minimum absolute atomic E-state index is 0.648. The predicted octanol–water partition coefficient (Wildman–Crippen LogP) is 0.222. The molecule has 0 atom stereocenters. The van der Waals surface area contributed by atoms with E-state index in [4.69, 9.17) is 0 Å². The maximum atomic E-state index is 10.7. The molecule has 0 amide bonds. The van der Waals surface area contributed by atoms with Gasteiger partial charge in [-0.3, -0.25) is 14.4 Å². The molecule has 1 radical (unpaired) electrons. The summed E-state index contributed by atoms with van der Waals surface area (Å²) < 4.78 is 0. The highest BCUT2D eigenvalue weighted by atomic mass is 16.2. The molecule has 11 heavy (non-hydrogen) atoms. The fourth-order valence-electron chi connectivity index (χ4n) is 0.492. The van der Waals surface area contributed by atoms with Gasteiger partial charge >= 0.3 is 0 Å². The zero-order valence-corrected chi connectivity index (χ0v) is 5.87. The van der Waals surface area contributed by atoms with Gasteiger partial charge in [0, 0.05) is 0 Å². The van der Waals surface area contributed by atoms with Gasteiger partial charge in [0.05, 0.1) is 0 Å². The standard InChI is InChI=1S/C8H7O3/c1-3-7(10)6(5-9)8(11)4-2/h3-4,6H,1-2H2. The molecule has 0 rings (SSSR count). The Hall–Kier alpha value is -1.51. The van der Waals surface area contributed by atoms with Crippen molar-refractivity contribution >= 4 is 17.9 Å². The van der Waals surface area contributed by atoms with Crippen molar-refractivity contribution < 1.29 is 14.4 Å². The third-order valence-electron chi connectivity index (χ3n) is 1.09. The Morgan fingerprint density at radius 1 is 1.18 bits per heavy atom. The van der Waals surface area contributed by atoms with E-state index in [1.165, 1.54) is 6.29 Å². The first-order chi connectivity index (χ1) is 5.17.